The van der Waals surface area contributed by atoms with Gasteiger partial charge < -0.3 is 5.73 Å². The molecule has 0 saturated heterocycles. The molecule has 1 unspecified atom stereocenters. The minimum absolute atomic E-state index is 0.236. The zero-order valence-corrected chi connectivity index (χ0v) is 6.26. The van der Waals surface area contributed by atoms with Crippen LogP contribution in [0.2, 0.25) is 0 Å². The highest BCUT2D eigenvalue weighted by molar-refractivity contribution is 4.76. The number of nitrogens with two attached hydrogens (primary N) is 1. The van der Waals surface area contributed by atoms with Gasteiger partial charge in [-0.3, -0.25) is 15.4 Å². The summed E-state index contributed by atoms with van der Waals surface area (Å²) in [6.45, 7) is 1.57. The SMILES string of the molecule is CCC(N)(C[N+](=O)[O-])NC. The van der Waals surface area contributed by atoms with Crippen molar-refractivity contribution in [1.29, 1.82) is 0 Å². The lowest BCUT2D eigenvalue weighted by Crippen LogP contribution is -2.56. The molecular weight excluding hydrogens is 134 g/mol. The molecule has 0 radical (unpaired) electrons. The molecule has 10 heavy (non-hydrogen) atoms. The first kappa shape index (κ1) is 9.32. The van der Waals surface area contributed by atoms with E-state index in [2.05, 4.69) is 5.32 Å². The van der Waals surface area contributed by atoms with Crippen molar-refractivity contribution >= 4 is 0 Å². The zero-order chi connectivity index (χ0) is 8.20. The number of likely N-dealkylation sites (N-methyl/N-ethyl adjacent to an activating group) is 1. The van der Waals surface area contributed by atoms with Crippen LogP contribution in [0.4, 0.5) is 0 Å². The molecule has 0 aliphatic rings. The van der Waals surface area contributed by atoms with Gasteiger partial charge >= 0.3 is 0 Å². The third-order valence-corrected chi connectivity index (χ3v) is 1.54. The molecule has 0 bridgehead atoms. The molecule has 3 N–H and O–H groups in total. The molecule has 0 aromatic heterocycles. The van der Waals surface area contributed by atoms with E-state index in [4.69, 9.17) is 5.73 Å². The van der Waals surface area contributed by atoms with Gasteiger partial charge in [0.15, 0.2) is 0 Å². The van der Waals surface area contributed by atoms with Gasteiger partial charge in [0.25, 0.3) is 0 Å². The quantitative estimate of drug-likeness (QED) is 0.320. The summed E-state index contributed by atoms with van der Waals surface area (Å²) in [5.41, 5.74) is 4.70. The Morgan fingerprint density at radius 2 is 2.30 bits per heavy atom. The molecule has 0 aliphatic heterocycles. The maximum atomic E-state index is 10.0. The Morgan fingerprint density at radius 1 is 1.80 bits per heavy atom. The molecule has 0 aromatic rings. The van der Waals surface area contributed by atoms with E-state index in [1.54, 1.807) is 14.0 Å². The highest BCUT2D eigenvalue weighted by Gasteiger charge is 2.26. The van der Waals surface area contributed by atoms with Crippen LogP contribution in [-0.2, 0) is 0 Å². The van der Waals surface area contributed by atoms with Crippen LogP contribution in [-0.4, -0.2) is 24.2 Å². The summed E-state index contributed by atoms with van der Waals surface area (Å²) < 4.78 is 0. The molecule has 0 saturated carbocycles. The van der Waals surface area contributed by atoms with Crippen LogP contribution < -0.4 is 11.1 Å². The van der Waals surface area contributed by atoms with Gasteiger partial charge in [0.1, 0.15) is 5.66 Å². The maximum Gasteiger partial charge on any atom is 0.234 e. The summed E-state index contributed by atoms with van der Waals surface area (Å²) >= 11 is 0. The molecule has 60 valence electrons. The van der Waals surface area contributed by atoms with Crippen molar-refractivity contribution in [3.05, 3.63) is 10.1 Å². The van der Waals surface area contributed by atoms with E-state index in [9.17, 15) is 10.1 Å². The third-order valence-electron chi connectivity index (χ3n) is 1.54. The molecule has 0 aliphatic carbocycles. The Kier molecular flexibility index (Phi) is 3.24. The molecule has 0 amide bonds. The summed E-state index contributed by atoms with van der Waals surface area (Å²) in [4.78, 5) is 9.60. The number of hydrogen-bond donors (Lipinski definition) is 2. The van der Waals surface area contributed by atoms with E-state index in [-0.39, 0.29) is 6.54 Å². The van der Waals surface area contributed by atoms with Crippen LogP contribution in [0.3, 0.4) is 0 Å². The molecular formula is C5H13N3O2. The lowest BCUT2D eigenvalue weighted by atomic mass is 10.1. The number of hydrogen-bond acceptors (Lipinski definition) is 4. The van der Waals surface area contributed by atoms with E-state index in [0.717, 1.165) is 0 Å². The standard InChI is InChI=1S/C5H13N3O2/c1-3-5(6,7-2)4-8(9)10/h7H,3-4,6H2,1-2H3. The van der Waals surface area contributed by atoms with Crippen molar-refractivity contribution in [2.45, 2.75) is 19.0 Å². The summed E-state index contributed by atoms with van der Waals surface area (Å²) in [5.74, 6) is 0. The van der Waals surface area contributed by atoms with Crippen LogP contribution in [0.5, 0.6) is 0 Å². The average Bonchev–Trinajstić information content (AvgIpc) is 1.87. The summed E-state index contributed by atoms with van der Waals surface area (Å²) in [5, 5.41) is 12.7. The first-order valence-electron chi connectivity index (χ1n) is 3.13. The zero-order valence-electron chi connectivity index (χ0n) is 6.26. The Balaban J connectivity index is 3.92. The molecule has 0 heterocycles. The maximum absolute atomic E-state index is 10.0. The second-order valence-corrected chi connectivity index (χ2v) is 2.25. The lowest BCUT2D eigenvalue weighted by molar-refractivity contribution is -0.491. The van der Waals surface area contributed by atoms with Gasteiger partial charge in [0, 0.05) is 4.92 Å². The Morgan fingerprint density at radius 3 is 2.40 bits per heavy atom. The van der Waals surface area contributed by atoms with Gasteiger partial charge in [-0.25, -0.2) is 0 Å². The van der Waals surface area contributed by atoms with Crippen LogP contribution in [0.15, 0.2) is 0 Å². The third kappa shape index (κ3) is 2.75. The van der Waals surface area contributed by atoms with Gasteiger partial charge in [-0.05, 0) is 13.5 Å². The number of rotatable bonds is 4. The van der Waals surface area contributed by atoms with Crippen molar-refractivity contribution in [3.8, 4) is 0 Å². The first-order valence-corrected chi connectivity index (χ1v) is 3.13. The van der Waals surface area contributed by atoms with Gasteiger partial charge in [-0.2, -0.15) is 0 Å². The molecule has 0 fully saturated rings. The molecule has 0 aromatic carbocycles. The fourth-order valence-electron chi connectivity index (χ4n) is 0.598. The number of nitro groups is 1. The average molecular weight is 147 g/mol. The van der Waals surface area contributed by atoms with Crippen molar-refractivity contribution in [2.75, 3.05) is 13.6 Å². The lowest BCUT2D eigenvalue weighted by Gasteiger charge is -2.21. The van der Waals surface area contributed by atoms with E-state index >= 15 is 0 Å². The minimum atomic E-state index is -0.844. The molecule has 1 atom stereocenters. The summed E-state index contributed by atoms with van der Waals surface area (Å²) in [7, 11) is 1.62. The van der Waals surface area contributed by atoms with Gasteiger partial charge in [-0.15, -0.1) is 0 Å². The molecule has 0 spiro atoms. The monoisotopic (exact) mass is 147 g/mol. The Hall–Kier alpha value is -0.680. The van der Waals surface area contributed by atoms with E-state index < -0.39 is 10.6 Å². The highest BCUT2D eigenvalue weighted by atomic mass is 16.6. The van der Waals surface area contributed by atoms with Crippen LogP contribution in [0.1, 0.15) is 13.3 Å². The highest BCUT2D eigenvalue weighted by Crippen LogP contribution is 1.99. The fraction of sp³-hybridized carbons (Fsp3) is 1.00. The first-order chi connectivity index (χ1) is 4.54. The topological polar surface area (TPSA) is 81.2 Å². The predicted octanol–water partition coefficient (Wildman–Crippen LogP) is -0.452. The van der Waals surface area contributed by atoms with Gasteiger partial charge in [-0.1, -0.05) is 6.92 Å². The number of nitrogens with one attached hydrogen (secondary N) is 1. The van der Waals surface area contributed by atoms with Crippen molar-refractivity contribution in [2.24, 2.45) is 5.73 Å². The minimum Gasteiger partial charge on any atom is -0.308 e. The molecule has 0 rings (SSSR count). The van der Waals surface area contributed by atoms with E-state index in [0.29, 0.717) is 6.42 Å². The second-order valence-electron chi connectivity index (χ2n) is 2.25. The Labute approximate surface area is 59.7 Å². The van der Waals surface area contributed by atoms with E-state index in [1.807, 2.05) is 0 Å². The fourth-order valence-corrected chi connectivity index (χ4v) is 0.598. The van der Waals surface area contributed by atoms with Gasteiger partial charge in [0.2, 0.25) is 6.54 Å². The largest absolute Gasteiger partial charge is 0.308 e. The van der Waals surface area contributed by atoms with Crippen molar-refractivity contribution < 1.29 is 4.92 Å². The van der Waals surface area contributed by atoms with Gasteiger partial charge in [0.05, 0.1) is 0 Å². The van der Waals surface area contributed by atoms with Crippen LogP contribution in [0.25, 0.3) is 0 Å². The van der Waals surface area contributed by atoms with Crippen LogP contribution in [0, 0.1) is 10.1 Å². The molecule has 5 heteroatoms. The Bertz CT molecular complexity index is 122. The number of nitrogens with zero attached hydrogens (tertiary/aromatic N) is 1. The van der Waals surface area contributed by atoms with Crippen molar-refractivity contribution in [1.82, 2.24) is 5.32 Å². The second kappa shape index (κ2) is 3.48. The molecule has 5 nitrogen and oxygen atoms in total. The summed E-state index contributed by atoms with van der Waals surface area (Å²) in [6, 6.07) is 0. The van der Waals surface area contributed by atoms with E-state index in [1.165, 1.54) is 0 Å². The smallest absolute Gasteiger partial charge is 0.234 e. The van der Waals surface area contributed by atoms with Crippen molar-refractivity contribution in [3.63, 3.8) is 0 Å². The summed E-state index contributed by atoms with van der Waals surface area (Å²) in [6.07, 6.45) is 0.546. The van der Waals surface area contributed by atoms with Crippen LogP contribution >= 0.6 is 0 Å². The normalized spacial score (nSPS) is 16.3. The predicted molar refractivity (Wildman–Crippen MR) is 38.1 cm³/mol.